The number of nitrogens with two attached hydrogens (primary N) is 1. The predicted molar refractivity (Wildman–Crippen MR) is 91.2 cm³/mol. The van der Waals surface area contributed by atoms with Gasteiger partial charge >= 0.3 is 0 Å². The van der Waals surface area contributed by atoms with Gasteiger partial charge in [-0.05, 0) is 17.5 Å². The maximum atomic E-state index is 13.0. The molecule has 124 valence electrons. The normalized spacial score (nSPS) is 15.7. The molecule has 0 saturated carbocycles. The molecule has 5 nitrogen and oxygen atoms in total. The van der Waals surface area contributed by atoms with Crippen LogP contribution < -0.4 is 16.0 Å². The van der Waals surface area contributed by atoms with E-state index in [1.165, 1.54) is 7.11 Å². The number of carbonyl (C=O) groups is 2. The SMILES string of the molecule is COc1cc(C(C)C)ccc1C1(NN)C(=O)c2ccccc2C1=O. The van der Waals surface area contributed by atoms with Crippen molar-refractivity contribution in [1.29, 1.82) is 0 Å². The Hall–Kier alpha value is -2.50. The lowest BCUT2D eigenvalue weighted by Gasteiger charge is -2.27. The van der Waals surface area contributed by atoms with Crippen LogP contribution in [0.1, 0.15) is 51.6 Å². The van der Waals surface area contributed by atoms with E-state index in [2.05, 4.69) is 19.3 Å². The Morgan fingerprint density at radius 1 is 1.04 bits per heavy atom. The molecule has 1 aliphatic carbocycles. The zero-order valence-electron chi connectivity index (χ0n) is 13.9. The van der Waals surface area contributed by atoms with Gasteiger partial charge in [0.05, 0.1) is 7.11 Å². The van der Waals surface area contributed by atoms with Crippen LogP contribution in [0.2, 0.25) is 0 Å². The summed E-state index contributed by atoms with van der Waals surface area (Å²) < 4.78 is 5.47. The molecule has 3 N–H and O–H groups in total. The van der Waals surface area contributed by atoms with Crippen molar-refractivity contribution in [2.24, 2.45) is 5.84 Å². The van der Waals surface area contributed by atoms with Crippen LogP contribution in [0.25, 0.3) is 0 Å². The van der Waals surface area contributed by atoms with Crippen LogP contribution in [0.3, 0.4) is 0 Å². The third-order valence-corrected chi connectivity index (χ3v) is 4.61. The van der Waals surface area contributed by atoms with Gasteiger partial charge in [0.2, 0.25) is 0 Å². The average Bonchev–Trinajstić information content (AvgIpc) is 2.83. The minimum Gasteiger partial charge on any atom is -0.496 e. The number of Topliss-reactive ketones (excluding diaryl/α,β-unsaturated/α-hetero) is 2. The molecule has 24 heavy (non-hydrogen) atoms. The highest BCUT2D eigenvalue weighted by atomic mass is 16.5. The molecule has 1 aliphatic rings. The summed E-state index contributed by atoms with van der Waals surface area (Å²) in [5, 5.41) is 0. The summed E-state index contributed by atoms with van der Waals surface area (Å²) in [6, 6.07) is 12.2. The van der Waals surface area contributed by atoms with Crippen molar-refractivity contribution in [3.8, 4) is 5.75 Å². The number of ketones is 2. The van der Waals surface area contributed by atoms with Gasteiger partial charge < -0.3 is 4.74 Å². The van der Waals surface area contributed by atoms with Crippen LogP contribution in [0.15, 0.2) is 42.5 Å². The van der Waals surface area contributed by atoms with E-state index >= 15 is 0 Å². The zero-order valence-corrected chi connectivity index (χ0v) is 13.9. The second-order valence-electron chi connectivity index (χ2n) is 6.21. The van der Waals surface area contributed by atoms with Crippen molar-refractivity contribution in [2.75, 3.05) is 7.11 Å². The lowest BCUT2D eigenvalue weighted by Crippen LogP contribution is -2.55. The van der Waals surface area contributed by atoms with Crippen LogP contribution in [-0.4, -0.2) is 18.7 Å². The van der Waals surface area contributed by atoms with E-state index in [1.807, 2.05) is 12.1 Å². The largest absolute Gasteiger partial charge is 0.496 e. The fraction of sp³-hybridized carbons (Fsp3) is 0.263. The molecular weight excluding hydrogens is 304 g/mol. The molecule has 5 heteroatoms. The third kappa shape index (κ3) is 2.09. The number of hydrazine groups is 1. The molecular formula is C19H20N2O3. The molecule has 0 radical (unpaired) electrons. The summed E-state index contributed by atoms with van der Waals surface area (Å²) in [4.78, 5) is 26.1. The predicted octanol–water partition coefficient (Wildman–Crippen LogP) is 2.56. The minimum atomic E-state index is -1.65. The maximum absolute atomic E-state index is 13.0. The van der Waals surface area contributed by atoms with Gasteiger partial charge in [0.15, 0.2) is 17.1 Å². The molecule has 0 atom stereocenters. The highest BCUT2D eigenvalue weighted by Gasteiger charge is 2.55. The van der Waals surface area contributed by atoms with E-state index < -0.39 is 5.54 Å². The Balaban J connectivity index is 2.24. The second-order valence-corrected chi connectivity index (χ2v) is 6.21. The number of benzene rings is 2. The minimum absolute atomic E-state index is 0.293. The van der Waals surface area contributed by atoms with Gasteiger partial charge in [-0.25, -0.2) is 5.43 Å². The first-order valence-electron chi connectivity index (χ1n) is 7.82. The molecule has 0 unspecified atom stereocenters. The molecule has 0 bridgehead atoms. The van der Waals surface area contributed by atoms with Crippen LogP contribution in [0.5, 0.6) is 5.75 Å². The smallest absolute Gasteiger partial charge is 0.197 e. The molecule has 3 rings (SSSR count). The molecule has 0 fully saturated rings. The maximum Gasteiger partial charge on any atom is 0.197 e. The van der Waals surface area contributed by atoms with Gasteiger partial charge in [-0.15, -0.1) is 0 Å². The van der Waals surface area contributed by atoms with Crippen LogP contribution >= 0.6 is 0 Å². The van der Waals surface area contributed by atoms with E-state index in [9.17, 15) is 9.59 Å². The quantitative estimate of drug-likeness (QED) is 0.513. The number of ether oxygens (including phenoxy) is 1. The number of nitrogens with one attached hydrogen (secondary N) is 1. The van der Waals surface area contributed by atoms with Gasteiger partial charge in [0, 0.05) is 16.7 Å². The monoisotopic (exact) mass is 324 g/mol. The van der Waals surface area contributed by atoms with E-state index in [0.717, 1.165) is 5.56 Å². The lowest BCUT2D eigenvalue weighted by atomic mass is 9.83. The van der Waals surface area contributed by atoms with Gasteiger partial charge in [0.25, 0.3) is 0 Å². The molecule has 0 spiro atoms. The number of rotatable bonds is 4. The summed E-state index contributed by atoms with van der Waals surface area (Å²) in [6.07, 6.45) is 0. The van der Waals surface area contributed by atoms with Crippen molar-refractivity contribution >= 4 is 11.6 Å². The first-order chi connectivity index (χ1) is 11.5. The number of hydrogen-bond donors (Lipinski definition) is 2. The molecule has 0 aromatic heterocycles. The van der Waals surface area contributed by atoms with E-state index in [4.69, 9.17) is 10.6 Å². The number of methoxy groups -OCH3 is 1. The van der Waals surface area contributed by atoms with Crippen molar-refractivity contribution in [3.63, 3.8) is 0 Å². The lowest BCUT2D eigenvalue weighted by molar-refractivity contribution is 0.0752. The van der Waals surface area contributed by atoms with E-state index in [1.54, 1.807) is 30.3 Å². The summed E-state index contributed by atoms with van der Waals surface area (Å²) in [5.74, 6) is 5.78. The number of carbonyl (C=O) groups excluding carboxylic acids is 2. The molecule has 2 aromatic rings. The van der Waals surface area contributed by atoms with Gasteiger partial charge in [-0.1, -0.05) is 50.2 Å². The van der Waals surface area contributed by atoms with E-state index in [0.29, 0.717) is 28.4 Å². The van der Waals surface area contributed by atoms with Crippen molar-refractivity contribution in [1.82, 2.24) is 5.43 Å². The summed E-state index contributed by atoms with van der Waals surface area (Å²) in [5.41, 5.74) is 3.07. The topological polar surface area (TPSA) is 81.4 Å². The summed E-state index contributed by atoms with van der Waals surface area (Å²) >= 11 is 0. The Morgan fingerprint density at radius 3 is 2.08 bits per heavy atom. The fourth-order valence-electron chi connectivity index (χ4n) is 3.22. The van der Waals surface area contributed by atoms with Crippen LogP contribution in [0, 0.1) is 0 Å². The first kappa shape index (κ1) is 16.4. The number of hydrogen-bond acceptors (Lipinski definition) is 5. The molecule has 0 aliphatic heterocycles. The summed E-state index contributed by atoms with van der Waals surface area (Å²) in [7, 11) is 1.52. The Labute approximate surface area is 140 Å². The second kappa shape index (κ2) is 5.85. The van der Waals surface area contributed by atoms with Gasteiger partial charge in [-0.3, -0.25) is 15.4 Å². The molecule has 0 heterocycles. The standard InChI is InChI=1S/C19H20N2O3/c1-11(2)12-8-9-15(16(10-12)24-3)19(21-20)17(22)13-6-4-5-7-14(13)18(19)23/h4-11,21H,20H2,1-3H3. The Morgan fingerprint density at radius 2 is 1.62 bits per heavy atom. The van der Waals surface area contributed by atoms with Crippen molar-refractivity contribution in [2.45, 2.75) is 25.3 Å². The molecule has 0 amide bonds. The number of fused-ring (bicyclic) bond motifs is 1. The van der Waals surface area contributed by atoms with Gasteiger partial charge in [-0.2, -0.15) is 0 Å². The first-order valence-corrected chi connectivity index (χ1v) is 7.82. The summed E-state index contributed by atoms with van der Waals surface area (Å²) in [6.45, 7) is 4.13. The van der Waals surface area contributed by atoms with Crippen molar-refractivity contribution in [3.05, 3.63) is 64.7 Å². The van der Waals surface area contributed by atoms with Crippen LogP contribution in [0.4, 0.5) is 0 Å². The van der Waals surface area contributed by atoms with Gasteiger partial charge in [0.1, 0.15) is 5.75 Å². The van der Waals surface area contributed by atoms with Crippen molar-refractivity contribution < 1.29 is 14.3 Å². The van der Waals surface area contributed by atoms with Crippen LogP contribution in [-0.2, 0) is 5.54 Å². The fourth-order valence-corrected chi connectivity index (χ4v) is 3.22. The highest BCUT2D eigenvalue weighted by Crippen LogP contribution is 2.41. The van der Waals surface area contributed by atoms with E-state index in [-0.39, 0.29) is 11.6 Å². The Kier molecular flexibility index (Phi) is 3.99. The Bertz CT molecular complexity index is 792. The molecule has 2 aromatic carbocycles. The molecule has 0 saturated heterocycles. The zero-order chi connectivity index (χ0) is 17.5. The average molecular weight is 324 g/mol. The third-order valence-electron chi connectivity index (χ3n) is 4.61. The highest BCUT2D eigenvalue weighted by molar-refractivity contribution is 6.33.